The molecule has 0 aliphatic carbocycles. The van der Waals surface area contributed by atoms with Crippen molar-refractivity contribution in [2.24, 2.45) is 0 Å². The number of pyridine rings is 1. The highest BCUT2D eigenvalue weighted by Gasteiger charge is 2.34. The zero-order chi connectivity index (χ0) is 24.9. The number of aryl methyl sites for hydroxylation is 2. The number of hydrogen-bond acceptors (Lipinski definition) is 3. The van der Waals surface area contributed by atoms with Gasteiger partial charge >= 0.3 is 6.18 Å². The predicted molar refractivity (Wildman–Crippen MR) is 121 cm³/mol. The van der Waals surface area contributed by atoms with Crippen LogP contribution in [0.5, 0.6) is 0 Å². The molecule has 4 aromatic heterocycles. The van der Waals surface area contributed by atoms with Crippen molar-refractivity contribution in [3.8, 4) is 22.3 Å². The molecule has 5 aromatic rings. The molecule has 6 nitrogen and oxygen atoms in total. The quantitative estimate of drug-likeness (QED) is 0.250. The lowest BCUT2D eigenvalue weighted by molar-refractivity contribution is -0.768. The molecule has 0 aliphatic rings. The van der Waals surface area contributed by atoms with E-state index in [0.717, 1.165) is 32.6 Å². The molecule has 180 valence electrons. The highest BCUT2D eigenvalue weighted by molar-refractivity contribution is 5.94. The van der Waals surface area contributed by atoms with Gasteiger partial charge in [-0.15, -0.1) is 4.68 Å². The van der Waals surface area contributed by atoms with Crippen molar-refractivity contribution in [3.63, 3.8) is 0 Å². The van der Waals surface area contributed by atoms with Gasteiger partial charge in [0.2, 0.25) is 6.20 Å². The molecule has 0 amide bonds. The smallest absolute Gasteiger partial charge is 0.361 e. The van der Waals surface area contributed by atoms with Crippen molar-refractivity contribution < 1.29 is 26.8 Å². The molecular weight excluding hydrogens is 462 g/mol. The maximum atomic E-state index is 13.5. The molecule has 4 heterocycles. The minimum absolute atomic E-state index is 0.199. The number of rotatable bonds is 5. The van der Waals surface area contributed by atoms with Crippen LogP contribution in [0.25, 0.3) is 33.3 Å². The van der Waals surface area contributed by atoms with Crippen LogP contribution in [-0.2, 0) is 6.54 Å². The molecule has 0 fully saturated rings. The topological polar surface area (TPSA) is 63.5 Å². The van der Waals surface area contributed by atoms with Gasteiger partial charge in [-0.3, -0.25) is 4.98 Å². The van der Waals surface area contributed by atoms with Gasteiger partial charge in [0.05, 0.1) is 34.5 Å². The van der Waals surface area contributed by atoms with E-state index in [1.807, 2.05) is 37.6 Å². The number of halogens is 4. The Morgan fingerprint density at radius 3 is 2.54 bits per heavy atom. The molecule has 0 bridgehead atoms. The van der Waals surface area contributed by atoms with Gasteiger partial charge < -0.3 is 9.09 Å². The number of nitrogens with one attached hydrogen (secondary N) is 1. The third kappa shape index (κ3) is 4.31. The van der Waals surface area contributed by atoms with Crippen LogP contribution in [0.3, 0.4) is 0 Å². The van der Waals surface area contributed by atoms with Crippen LogP contribution < -0.4 is 4.68 Å². The molecular formula is C25H22F4N5O+. The highest BCUT2D eigenvalue weighted by Crippen LogP contribution is 2.36. The summed E-state index contributed by atoms with van der Waals surface area (Å²) in [5.74, 6) is 0.329. The molecule has 0 saturated carbocycles. The standard InChI is InChI=1S/C25H21F4N5O/c1-14-23(16(3)35-32-14)18-8-22-24(30-9-18)21(19-10-31-33(11-19)13-25(27,28)29)12-34(22)15(2)17-4-6-20(26)7-5-17/h4-12,15H,13H2,1-3H3/p+1/t15-/m1/s1. The second-order valence-corrected chi connectivity index (χ2v) is 8.57. The summed E-state index contributed by atoms with van der Waals surface area (Å²) in [6, 6.07) is 8.00. The average Bonchev–Trinajstić information content (AvgIpc) is 3.49. The molecule has 0 spiro atoms. The number of hydrogen-bond donors (Lipinski definition) is 1. The van der Waals surface area contributed by atoms with E-state index >= 15 is 0 Å². The van der Waals surface area contributed by atoms with Crippen molar-refractivity contribution in [3.05, 3.63) is 78.0 Å². The average molecular weight is 484 g/mol. The van der Waals surface area contributed by atoms with Gasteiger partial charge in [0.25, 0.3) is 6.54 Å². The number of aromatic amines is 1. The number of fused-ring (bicyclic) bond motifs is 1. The van der Waals surface area contributed by atoms with E-state index in [2.05, 4.69) is 10.3 Å². The first-order valence-corrected chi connectivity index (χ1v) is 10.9. The van der Waals surface area contributed by atoms with Crippen LogP contribution in [0.15, 0.2) is 59.6 Å². The van der Waals surface area contributed by atoms with E-state index in [0.29, 0.717) is 22.4 Å². The minimum atomic E-state index is -4.35. The highest BCUT2D eigenvalue weighted by atomic mass is 19.4. The Labute approximate surface area is 197 Å². The molecule has 5 rings (SSSR count). The van der Waals surface area contributed by atoms with Gasteiger partial charge in [0, 0.05) is 29.1 Å². The van der Waals surface area contributed by atoms with E-state index in [1.54, 1.807) is 18.3 Å². The molecule has 10 heteroatoms. The van der Waals surface area contributed by atoms with E-state index in [-0.39, 0.29) is 11.9 Å². The zero-order valence-electron chi connectivity index (χ0n) is 19.2. The Kier molecular flexibility index (Phi) is 5.46. The van der Waals surface area contributed by atoms with Crippen LogP contribution in [0, 0.1) is 19.7 Å². The van der Waals surface area contributed by atoms with E-state index in [9.17, 15) is 17.6 Å². The zero-order valence-corrected chi connectivity index (χ0v) is 19.2. The summed E-state index contributed by atoms with van der Waals surface area (Å²) in [5.41, 5.74) is 5.91. The van der Waals surface area contributed by atoms with Crippen LogP contribution in [0.2, 0.25) is 0 Å². The van der Waals surface area contributed by atoms with Crippen molar-refractivity contribution in [2.45, 2.75) is 39.5 Å². The lowest BCUT2D eigenvalue weighted by atomic mass is 10.0. The number of H-pyrrole nitrogens is 1. The number of alkyl halides is 3. The summed E-state index contributed by atoms with van der Waals surface area (Å²) < 4.78 is 60.5. The van der Waals surface area contributed by atoms with Crippen LogP contribution >= 0.6 is 0 Å². The van der Waals surface area contributed by atoms with Gasteiger partial charge in [0.15, 0.2) is 0 Å². The Hall–Kier alpha value is -3.95. The Morgan fingerprint density at radius 1 is 1.14 bits per heavy atom. The van der Waals surface area contributed by atoms with Crippen LogP contribution in [0.4, 0.5) is 17.6 Å². The molecule has 0 unspecified atom stereocenters. The van der Waals surface area contributed by atoms with E-state index < -0.39 is 12.7 Å². The summed E-state index contributed by atoms with van der Waals surface area (Å²) in [6.45, 7) is 4.52. The SMILES string of the molecule is Cc1noc(C)c1-c1cnc2c(-c3c[nH][n+](CC(F)(F)F)c3)cn([C@H](C)c3ccc(F)cc3)c2c1. The lowest BCUT2D eigenvalue weighted by Crippen LogP contribution is -2.42. The lowest BCUT2D eigenvalue weighted by Gasteiger charge is -2.16. The second kappa shape index (κ2) is 8.37. The Morgan fingerprint density at radius 2 is 1.89 bits per heavy atom. The first-order valence-electron chi connectivity index (χ1n) is 10.9. The Bertz CT molecular complexity index is 1490. The van der Waals surface area contributed by atoms with Gasteiger partial charge in [-0.2, -0.15) is 18.3 Å². The van der Waals surface area contributed by atoms with Crippen molar-refractivity contribution in [2.75, 3.05) is 0 Å². The summed E-state index contributed by atoms with van der Waals surface area (Å²) in [6.07, 6.45) is 2.17. The summed E-state index contributed by atoms with van der Waals surface area (Å²) in [7, 11) is 0. The van der Waals surface area contributed by atoms with Gasteiger partial charge in [0.1, 0.15) is 11.6 Å². The van der Waals surface area contributed by atoms with Crippen molar-refractivity contribution in [1.29, 1.82) is 0 Å². The van der Waals surface area contributed by atoms with Gasteiger partial charge in [-0.05, 0) is 44.5 Å². The van der Waals surface area contributed by atoms with Gasteiger partial charge in [-0.25, -0.2) is 4.39 Å². The van der Waals surface area contributed by atoms with Crippen molar-refractivity contribution in [1.82, 2.24) is 19.8 Å². The molecule has 0 radical (unpaired) electrons. The first-order chi connectivity index (χ1) is 16.6. The monoisotopic (exact) mass is 484 g/mol. The first kappa shape index (κ1) is 22.8. The maximum absolute atomic E-state index is 13.5. The predicted octanol–water partition coefficient (Wildman–Crippen LogP) is 5.90. The fourth-order valence-corrected chi connectivity index (χ4v) is 4.42. The van der Waals surface area contributed by atoms with Crippen LogP contribution in [-0.4, -0.2) is 26.0 Å². The summed E-state index contributed by atoms with van der Waals surface area (Å²) >= 11 is 0. The number of benzene rings is 1. The van der Waals surface area contributed by atoms with Crippen molar-refractivity contribution >= 4 is 11.0 Å². The molecule has 0 aliphatic heterocycles. The Balaban J connectivity index is 1.68. The second-order valence-electron chi connectivity index (χ2n) is 8.57. The third-order valence-corrected chi connectivity index (χ3v) is 6.10. The molecule has 0 saturated heterocycles. The third-order valence-electron chi connectivity index (χ3n) is 6.10. The molecule has 1 N–H and O–H groups in total. The molecule has 1 atom stereocenters. The number of nitrogens with zero attached hydrogens (tertiary/aromatic N) is 4. The normalized spacial score (nSPS) is 13.0. The fourth-order valence-electron chi connectivity index (χ4n) is 4.42. The minimum Gasteiger partial charge on any atom is -0.361 e. The summed E-state index contributed by atoms with van der Waals surface area (Å²) in [4.78, 5) is 4.69. The number of aromatic nitrogens is 5. The molecule has 35 heavy (non-hydrogen) atoms. The van der Waals surface area contributed by atoms with E-state index in [1.165, 1.54) is 24.5 Å². The largest absolute Gasteiger partial charge is 0.451 e. The maximum Gasteiger partial charge on any atom is 0.451 e. The summed E-state index contributed by atoms with van der Waals surface area (Å²) in [5, 5.41) is 6.67. The van der Waals surface area contributed by atoms with E-state index in [4.69, 9.17) is 9.51 Å². The van der Waals surface area contributed by atoms with Gasteiger partial charge in [-0.1, -0.05) is 17.3 Å². The molecule has 1 aromatic carbocycles. The van der Waals surface area contributed by atoms with Crippen LogP contribution in [0.1, 0.15) is 30.0 Å². The fraction of sp³-hybridized carbons (Fsp3) is 0.240.